The first-order valence-corrected chi connectivity index (χ1v) is 11.9. The Labute approximate surface area is 181 Å². The Hall–Kier alpha value is -2.35. The number of carbonyl (C=O) groups excluding carboxylic acids is 1. The van der Waals surface area contributed by atoms with Crippen molar-refractivity contribution < 1.29 is 13.2 Å². The molecule has 6 nitrogen and oxygen atoms in total. The lowest BCUT2D eigenvalue weighted by Gasteiger charge is -2.27. The second-order valence-corrected chi connectivity index (χ2v) is 9.74. The van der Waals surface area contributed by atoms with E-state index in [-0.39, 0.29) is 10.8 Å². The smallest absolute Gasteiger partial charge is 0.254 e. The van der Waals surface area contributed by atoms with Gasteiger partial charge in [-0.05, 0) is 36.4 Å². The monoisotopic (exact) mass is 445 g/mol. The van der Waals surface area contributed by atoms with Gasteiger partial charge in [-0.1, -0.05) is 31.5 Å². The van der Waals surface area contributed by atoms with Crippen LogP contribution in [0.2, 0.25) is 5.02 Å². The molecule has 158 valence electrons. The van der Waals surface area contributed by atoms with Crippen molar-refractivity contribution in [3.63, 3.8) is 0 Å². The summed E-state index contributed by atoms with van der Waals surface area (Å²) in [5.41, 5.74) is 3.57. The van der Waals surface area contributed by atoms with Crippen LogP contribution in [0.5, 0.6) is 0 Å². The lowest BCUT2D eigenvalue weighted by atomic mass is 10.0. The first-order valence-electron chi connectivity index (χ1n) is 10.0. The number of amides is 1. The molecule has 0 radical (unpaired) electrons. The lowest BCUT2D eigenvalue weighted by Crippen LogP contribution is -2.36. The minimum Gasteiger partial charge on any atom is -0.358 e. The van der Waals surface area contributed by atoms with Crippen LogP contribution in [0.3, 0.4) is 0 Å². The molecule has 0 fully saturated rings. The summed E-state index contributed by atoms with van der Waals surface area (Å²) in [6.07, 6.45) is 0.713. The molecule has 0 aliphatic carbocycles. The molecule has 4 rings (SSSR count). The Balaban J connectivity index is 1.64. The second-order valence-electron chi connectivity index (χ2n) is 7.37. The van der Waals surface area contributed by atoms with E-state index in [2.05, 4.69) is 4.98 Å². The highest BCUT2D eigenvalue weighted by atomic mass is 35.5. The summed E-state index contributed by atoms with van der Waals surface area (Å²) >= 11 is 6.17. The largest absolute Gasteiger partial charge is 0.358 e. The molecule has 0 spiro atoms. The molecule has 1 aliphatic rings. The molecule has 3 aromatic rings. The molecular weight excluding hydrogens is 422 g/mol. The van der Waals surface area contributed by atoms with Crippen molar-refractivity contribution in [3.05, 3.63) is 64.3 Å². The van der Waals surface area contributed by atoms with Crippen LogP contribution in [-0.4, -0.2) is 48.1 Å². The zero-order chi connectivity index (χ0) is 21.5. The normalized spacial score (nSPS) is 14.3. The third kappa shape index (κ3) is 3.62. The van der Waals surface area contributed by atoms with Gasteiger partial charge in [0.2, 0.25) is 10.0 Å². The Kier molecular flexibility index (Phi) is 5.61. The Morgan fingerprint density at radius 1 is 1.17 bits per heavy atom. The molecule has 0 bridgehead atoms. The first-order chi connectivity index (χ1) is 14.3. The van der Waals surface area contributed by atoms with Gasteiger partial charge in [0.05, 0.1) is 4.90 Å². The van der Waals surface area contributed by atoms with Gasteiger partial charge < -0.3 is 9.88 Å². The standard InChI is InChI=1S/C22H24ClN3O3S/c1-3-26(4-2)30(28,29)17-7-5-6-15(12-17)22(27)25-11-10-21-19(14-25)18-13-16(23)8-9-20(18)24-21/h5-9,12-13,24H,3-4,10-11,14H2,1-2H3. The minimum atomic E-state index is -3.62. The van der Waals surface area contributed by atoms with Gasteiger partial charge in [0.25, 0.3) is 5.91 Å². The number of aromatic amines is 1. The fourth-order valence-corrected chi connectivity index (χ4v) is 5.72. The number of sulfonamides is 1. The summed E-state index contributed by atoms with van der Waals surface area (Å²) in [4.78, 5) is 18.5. The van der Waals surface area contributed by atoms with Gasteiger partial charge in [-0.25, -0.2) is 8.42 Å². The zero-order valence-electron chi connectivity index (χ0n) is 17.0. The van der Waals surface area contributed by atoms with Crippen LogP contribution >= 0.6 is 11.6 Å². The number of halogens is 1. The summed E-state index contributed by atoms with van der Waals surface area (Å²) in [5.74, 6) is -0.173. The number of nitrogens with zero attached hydrogens (tertiary/aromatic N) is 2. The average molecular weight is 446 g/mol. The molecule has 1 aliphatic heterocycles. The first kappa shape index (κ1) is 20.9. The number of carbonyl (C=O) groups is 1. The number of rotatable bonds is 5. The van der Waals surface area contributed by atoms with Crippen LogP contribution in [-0.2, 0) is 23.0 Å². The molecule has 8 heteroatoms. The number of aromatic nitrogens is 1. The van der Waals surface area contributed by atoms with Crippen molar-refractivity contribution in [2.75, 3.05) is 19.6 Å². The second kappa shape index (κ2) is 8.06. The van der Waals surface area contributed by atoms with Gasteiger partial charge in [-0.2, -0.15) is 4.31 Å². The number of hydrogen-bond acceptors (Lipinski definition) is 3. The predicted octanol–water partition coefficient (Wildman–Crippen LogP) is 4.05. The van der Waals surface area contributed by atoms with E-state index >= 15 is 0 Å². The van der Waals surface area contributed by atoms with E-state index in [4.69, 9.17) is 11.6 Å². The number of H-pyrrole nitrogens is 1. The molecule has 30 heavy (non-hydrogen) atoms. The van der Waals surface area contributed by atoms with E-state index in [0.29, 0.717) is 43.2 Å². The quantitative estimate of drug-likeness (QED) is 0.643. The van der Waals surface area contributed by atoms with E-state index in [1.165, 1.54) is 10.4 Å². The predicted molar refractivity (Wildman–Crippen MR) is 118 cm³/mol. The molecule has 1 aromatic heterocycles. The minimum absolute atomic E-state index is 0.147. The summed E-state index contributed by atoms with van der Waals surface area (Å²) in [6, 6.07) is 12.0. The highest BCUT2D eigenvalue weighted by Crippen LogP contribution is 2.30. The molecule has 1 amide bonds. The van der Waals surface area contributed by atoms with E-state index in [1.807, 2.05) is 18.2 Å². The van der Waals surface area contributed by atoms with Crippen molar-refractivity contribution in [2.24, 2.45) is 0 Å². The lowest BCUT2D eigenvalue weighted by molar-refractivity contribution is 0.0735. The third-order valence-corrected chi connectivity index (χ3v) is 7.93. The molecule has 0 saturated heterocycles. The van der Waals surface area contributed by atoms with Crippen LogP contribution in [0.1, 0.15) is 35.5 Å². The summed E-state index contributed by atoms with van der Waals surface area (Å²) in [6.45, 7) is 5.40. The highest BCUT2D eigenvalue weighted by molar-refractivity contribution is 7.89. The van der Waals surface area contributed by atoms with E-state index < -0.39 is 10.0 Å². The molecule has 2 heterocycles. The fourth-order valence-electron chi connectivity index (χ4n) is 4.04. The number of fused-ring (bicyclic) bond motifs is 3. The van der Waals surface area contributed by atoms with Gasteiger partial charge in [0, 0.05) is 65.3 Å². The van der Waals surface area contributed by atoms with E-state index in [1.54, 1.807) is 36.9 Å². The Bertz CT molecular complexity index is 1220. The highest BCUT2D eigenvalue weighted by Gasteiger charge is 2.27. The van der Waals surface area contributed by atoms with Gasteiger partial charge >= 0.3 is 0 Å². The topological polar surface area (TPSA) is 73.5 Å². The van der Waals surface area contributed by atoms with E-state index in [0.717, 1.165) is 22.2 Å². The van der Waals surface area contributed by atoms with Gasteiger partial charge in [0.15, 0.2) is 0 Å². The molecule has 0 atom stereocenters. The fraction of sp³-hybridized carbons (Fsp3) is 0.318. The van der Waals surface area contributed by atoms with Gasteiger partial charge in [-0.3, -0.25) is 4.79 Å². The van der Waals surface area contributed by atoms with Crippen molar-refractivity contribution in [3.8, 4) is 0 Å². The Morgan fingerprint density at radius 3 is 2.67 bits per heavy atom. The maximum absolute atomic E-state index is 13.2. The average Bonchev–Trinajstić information content (AvgIpc) is 3.11. The van der Waals surface area contributed by atoms with E-state index in [9.17, 15) is 13.2 Å². The maximum Gasteiger partial charge on any atom is 0.254 e. The molecule has 2 aromatic carbocycles. The third-order valence-electron chi connectivity index (χ3n) is 5.65. The molecule has 0 unspecified atom stereocenters. The van der Waals surface area contributed by atoms with Crippen molar-refractivity contribution in [1.29, 1.82) is 0 Å². The van der Waals surface area contributed by atoms with Gasteiger partial charge in [0.1, 0.15) is 0 Å². The molecular formula is C22H24ClN3O3S. The van der Waals surface area contributed by atoms with Crippen LogP contribution in [0, 0.1) is 0 Å². The zero-order valence-corrected chi connectivity index (χ0v) is 18.6. The number of hydrogen-bond donors (Lipinski definition) is 1. The SMILES string of the molecule is CCN(CC)S(=O)(=O)c1cccc(C(=O)N2CCc3[nH]c4ccc(Cl)cc4c3C2)c1. The summed E-state index contributed by atoms with van der Waals surface area (Å²) < 4.78 is 27.1. The van der Waals surface area contributed by atoms with Crippen molar-refractivity contribution in [1.82, 2.24) is 14.2 Å². The summed E-state index contributed by atoms with van der Waals surface area (Å²) in [5, 5.41) is 1.68. The molecule has 0 saturated carbocycles. The number of benzene rings is 2. The van der Waals surface area contributed by atoms with Crippen LogP contribution in [0.25, 0.3) is 10.9 Å². The maximum atomic E-state index is 13.2. The van der Waals surface area contributed by atoms with Crippen molar-refractivity contribution >= 4 is 38.4 Å². The van der Waals surface area contributed by atoms with Crippen LogP contribution < -0.4 is 0 Å². The van der Waals surface area contributed by atoms with Crippen molar-refractivity contribution in [2.45, 2.75) is 31.7 Å². The van der Waals surface area contributed by atoms with Crippen LogP contribution in [0.4, 0.5) is 0 Å². The summed E-state index contributed by atoms with van der Waals surface area (Å²) in [7, 11) is -3.62. The molecule has 1 N–H and O–H groups in total. The van der Waals surface area contributed by atoms with Crippen LogP contribution in [0.15, 0.2) is 47.4 Å². The number of nitrogens with one attached hydrogen (secondary N) is 1. The van der Waals surface area contributed by atoms with Gasteiger partial charge in [-0.15, -0.1) is 0 Å². The Morgan fingerprint density at radius 2 is 1.93 bits per heavy atom.